The van der Waals surface area contributed by atoms with Crippen LogP contribution in [0.15, 0.2) is 23.1 Å². The third-order valence-corrected chi connectivity index (χ3v) is 7.57. The van der Waals surface area contributed by atoms with Crippen LogP contribution in [0.25, 0.3) is 0 Å². The van der Waals surface area contributed by atoms with E-state index < -0.39 is 22.0 Å². The number of piperidine rings is 1. The number of ether oxygens (including phenoxy) is 2. The molecule has 0 aliphatic carbocycles. The molecule has 0 radical (unpaired) electrons. The lowest BCUT2D eigenvalue weighted by molar-refractivity contribution is -0.126. The molecule has 1 aliphatic heterocycles. The van der Waals surface area contributed by atoms with Crippen molar-refractivity contribution in [3.8, 4) is 0 Å². The lowest BCUT2D eigenvalue weighted by atomic mass is 9.91. The minimum Gasteiger partial charge on any atom is -0.465 e. The molecular formula is C23H35N3O7S. The van der Waals surface area contributed by atoms with Crippen LogP contribution >= 0.6 is 0 Å². The third-order valence-electron chi connectivity index (χ3n) is 5.70. The molecule has 0 unspecified atom stereocenters. The Morgan fingerprint density at radius 3 is 1.97 bits per heavy atom. The van der Waals surface area contributed by atoms with Gasteiger partial charge in [0.2, 0.25) is 15.9 Å². The maximum absolute atomic E-state index is 13.3. The van der Waals surface area contributed by atoms with Gasteiger partial charge in [0.25, 0.3) is 0 Å². The van der Waals surface area contributed by atoms with Crippen molar-refractivity contribution in [1.82, 2.24) is 14.5 Å². The van der Waals surface area contributed by atoms with Gasteiger partial charge in [-0.05, 0) is 50.6 Å². The van der Waals surface area contributed by atoms with Crippen LogP contribution in [-0.4, -0.2) is 90.0 Å². The van der Waals surface area contributed by atoms with E-state index in [0.29, 0.717) is 19.4 Å². The maximum Gasteiger partial charge on any atom is 0.337 e. The third kappa shape index (κ3) is 7.00. The van der Waals surface area contributed by atoms with E-state index in [2.05, 4.69) is 33.5 Å². The molecule has 0 aromatic heterocycles. The molecule has 2 rings (SSSR count). The summed E-state index contributed by atoms with van der Waals surface area (Å²) in [6.07, 6.45) is 0.749. The molecule has 1 aromatic carbocycles. The van der Waals surface area contributed by atoms with Gasteiger partial charge in [-0.2, -0.15) is 4.31 Å². The Morgan fingerprint density at radius 1 is 1.03 bits per heavy atom. The Kier molecular flexibility index (Phi) is 9.21. The first-order valence-electron chi connectivity index (χ1n) is 11.0. The molecule has 0 atom stereocenters. The summed E-state index contributed by atoms with van der Waals surface area (Å²) in [4.78, 5) is 38.6. The summed E-state index contributed by atoms with van der Waals surface area (Å²) >= 11 is 0. The predicted octanol–water partition coefficient (Wildman–Crippen LogP) is 1.36. The van der Waals surface area contributed by atoms with Crippen LogP contribution in [0.3, 0.4) is 0 Å². The van der Waals surface area contributed by atoms with E-state index in [1.165, 1.54) is 36.7 Å². The molecule has 0 bridgehead atoms. The normalized spacial score (nSPS) is 15.7. The van der Waals surface area contributed by atoms with Crippen molar-refractivity contribution in [1.29, 1.82) is 0 Å². The number of hydrogen-bond acceptors (Lipinski definition) is 8. The highest BCUT2D eigenvalue weighted by atomic mass is 32.2. The highest BCUT2D eigenvalue weighted by molar-refractivity contribution is 7.89. The van der Waals surface area contributed by atoms with E-state index >= 15 is 0 Å². The van der Waals surface area contributed by atoms with Crippen LogP contribution in [-0.2, 0) is 24.3 Å². The van der Waals surface area contributed by atoms with Crippen molar-refractivity contribution in [2.45, 2.75) is 31.6 Å². The van der Waals surface area contributed by atoms with Crippen LogP contribution < -0.4 is 5.32 Å². The van der Waals surface area contributed by atoms with Gasteiger partial charge in [0.1, 0.15) is 0 Å². The van der Waals surface area contributed by atoms with Crippen molar-refractivity contribution in [2.24, 2.45) is 11.3 Å². The van der Waals surface area contributed by atoms with E-state index in [4.69, 9.17) is 0 Å². The number of carbonyl (C=O) groups is 3. The number of nitrogens with zero attached hydrogens (tertiary/aromatic N) is 2. The van der Waals surface area contributed by atoms with Gasteiger partial charge in [-0.1, -0.05) is 13.8 Å². The molecule has 190 valence electrons. The number of esters is 2. The molecule has 1 saturated heterocycles. The first-order valence-corrected chi connectivity index (χ1v) is 12.5. The molecule has 1 heterocycles. The molecule has 0 spiro atoms. The molecule has 34 heavy (non-hydrogen) atoms. The van der Waals surface area contributed by atoms with Crippen LogP contribution in [0, 0.1) is 11.3 Å². The average molecular weight is 498 g/mol. The number of methoxy groups -OCH3 is 2. The van der Waals surface area contributed by atoms with Gasteiger partial charge in [0.05, 0.1) is 30.2 Å². The lowest BCUT2D eigenvalue weighted by Gasteiger charge is -2.32. The second-order valence-electron chi connectivity index (χ2n) is 9.53. The molecule has 1 N–H and O–H groups in total. The topological polar surface area (TPSA) is 122 Å². The van der Waals surface area contributed by atoms with Crippen molar-refractivity contribution in [3.63, 3.8) is 0 Å². The SMILES string of the molecule is COC(=O)c1cc(C(=O)OC)cc(S(=O)(=O)N2CCC(C(=O)NCC(C)(C)CN(C)C)CC2)c1. The van der Waals surface area contributed by atoms with E-state index in [1.807, 2.05) is 14.1 Å². The summed E-state index contributed by atoms with van der Waals surface area (Å²) in [5.74, 6) is -1.90. The number of hydrogen-bond donors (Lipinski definition) is 1. The van der Waals surface area contributed by atoms with Gasteiger partial charge in [-0.25, -0.2) is 18.0 Å². The highest BCUT2D eigenvalue weighted by Crippen LogP contribution is 2.26. The number of carbonyl (C=O) groups excluding carboxylic acids is 3. The van der Waals surface area contributed by atoms with E-state index in [0.717, 1.165) is 6.54 Å². The number of benzene rings is 1. The van der Waals surface area contributed by atoms with Gasteiger partial charge < -0.3 is 19.7 Å². The van der Waals surface area contributed by atoms with Crippen molar-refractivity contribution >= 4 is 27.9 Å². The second kappa shape index (κ2) is 11.3. The molecular weight excluding hydrogens is 462 g/mol. The van der Waals surface area contributed by atoms with Crippen LogP contribution in [0.1, 0.15) is 47.4 Å². The monoisotopic (exact) mass is 497 g/mol. The minimum atomic E-state index is -4.01. The first kappa shape index (κ1) is 27.7. The fourth-order valence-electron chi connectivity index (χ4n) is 4.11. The molecule has 0 saturated carbocycles. The Morgan fingerprint density at radius 2 is 1.53 bits per heavy atom. The summed E-state index contributed by atoms with van der Waals surface area (Å²) in [5, 5.41) is 3.00. The van der Waals surface area contributed by atoms with E-state index in [9.17, 15) is 22.8 Å². The summed E-state index contributed by atoms with van der Waals surface area (Å²) in [6.45, 7) is 5.80. The standard InChI is InChI=1S/C23H35N3O7S/c1-23(2,15-25(3)4)14-24-20(27)16-7-9-26(10-8-16)34(30,31)19-12-17(21(28)32-5)11-18(13-19)22(29)33-6/h11-13,16H,7-10,14-15H2,1-6H3,(H,24,27). The van der Waals surface area contributed by atoms with Crippen LogP contribution in [0.4, 0.5) is 0 Å². The molecule has 1 amide bonds. The van der Waals surface area contributed by atoms with Gasteiger partial charge in [-0.3, -0.25) is 4.79 Å². The predicted molar refractivity (Wildman–Crippen MR) is 126 cm³/mol. The van der Waals surface area contributed by atoms with Gasteiger partial charge >= 0.3 is 11.9 Å². The molecule has 11 heteroatoms. The summed E-state index contributed by atoms with van der Waals surface area (Å²) in [5.41, 5.74) is -0.234. The summed E-state index contributed by atoms with van der Waals surface area (Å²) in [6, 6.07) is 3.59. The van der Waals surface area contributed by atoms with Gasteiger partial charge in [-0.15, -0.1) is 0 Å². The van der Waals surface area contributed by atoms with Gasteiger partial charge in [0.15, 0.2) is 0 Å². The molecule has 1 aromatic rings. The lowest BCUT2D eigenvalue weighted by Crippen LogP contribution is -2.46. The van der Waals surface area contributed by atoms with Gasteiger partial charge in [0, 0.05) is 32.1 Å². The zero-order valence-electron chi connectivity index (χ0n) is 20.7. The number of amides is 1. The zero-order chi connectivity index (χ0) is 25.7. The smallest absolute Gasteiger partial charge is 0.337 e. The van der Waals surface area contributed by atoms with E-state index in [-0.39, 0.29) is 46.4 Å². The van der Waals surface area contributed by atoms with Crippen LogP contribution in [0.5, 0.6) is 0 Å². The highest BCUT2D eigenvalue weighted by Gasteiger charge is 2.33. The average Bonchev–Trinajstić information content (AvgIpc) is 2.80. The Balaban J connectivity index is 2.12. The number of nitrogens with one attached hydrogen (secondary N) is 1. The maximum atomic E-state index is 13.3. The Hall–Kier alpha value is -2.50. The molecule has 1 fully saturated rings. The molecule has 1 aliphatic rings. The summed E-state index contributed by atoms with van der Waals surface area (Å²) in [7, 11) is 2.28. The Bertz CT molecular complexity index is 979. The number of rotatable bonds is 9. The summed E-state index contributed by atoms with van der Waals surface area (Å²) < 4.78 is 37.2. The first-order chi connectivity index (χ1) is 15.8. The largest absolute Gasteiger partial charge is 0.465 e. The number of sulfonamides is 1. The fraction of sp³-hybridized carbons (Fsp3) is 0.609. The second-order valence-corrected chi connectivity index (χ2v) is 11.5. The van der Waals surface area contributed by atoms with Crippen molar-refractivity contribution in [2.75, 3.05) is 54.5 Å². The van der Waals surface area contributed by atoms with E-state index in [1.54, 1.807) is 0 Å². The minimum absolute atomic E-state index is 0.0708. The van der Waals surface area contributed by atoms with Crippen molar-refractivity contribution < 1.29 is 32.3 Å². The quantitative estimate of drug-likeness (QED) is 0.508. The fourth-order valence-corrected chi connectivity index (χ4v) is 5.65. The van der Waals surface area contributed by atoms with Crippen LogP contribution in [0.2, 0.25) is 0 Å². The Labute approximate surface area is 201 Å². The zero-order valence-corrected chi connectivity index (χ0v) is 21.5. The molecule has 10 nitrogen and oxygen atoms in total. The van der Waals surface area contributed by atoms with Crippen molar-refractivity contribution in [3.05, 3.63) is 29.3 Å².